The van der Waals surface area contributed by atoms with Gasteiger partial charge in [0, 0.05) is 37.1 Å². The summed E-state index contributed by atoms with van der Waals surface area (Å²) >= 11 is 3.27. The number of ether oxygens (including phenoxy) is 1. The van der Waals surface area contributed by atoms with Crippen LogP contribution in [0.2, 0.25) is 0 Å². The quantitative estimate of drug-likeness (QED) is 0.920. The number of amides is 1. The van der Waals surface area contributed by atoms with Crippen molar-refractivity contribution in [3.8, 4) is 0 Å². The molecule has 1 amide bonds. The molecule has 0 unspecified atom stereocenters. The van der Waals surface area contributed by atoms with Gasteiger partial charge in [-0.3, -0.25) is 4.79 Å². The standard InChI is InChI=1S/C15H18N2O2S2/c18-14(12-1-5-19-6-2-12)17-13(15-16-4-8-21-15)9-11-3-7-20-10-11/h3-4,7-8,10,12-13H,1-2,5-6,9H2,(H,17,18)/t13-/m0/s1. The maximum atomic E-state index is 12.4. The van der Waals surface area contributed by atoms with Crippen LogP contribution in [0.4, 0.5) is 0 Å². The van der Waals surface area contributed by atoms with Crippen molar-refractivity contribution >= 4 is 28.6 Å². The number of thiazole rings is 1. The Morgan fingerprint density at radius 3 is 2.95 bits per heavy atom. The molecular weight excluding hydrogens is 304 g/mol. The number of hydrogen-bond donors (Lipinski definition) is 1. The largest absolute Gasteiger partial charge is 0.381 e. The summed E-state index contributed by atoms with van der Waals surface area (Å²) in [7, 11) is 0. The predicted molar refractivity (Wildman–Crippen MR) is 84.6 cm³/mol. The van der Waals surface area contributed by atoms with Crippen LogP contribution in [0.25, 0.3) is 0 Å². The van der Waals surface area contributed by atoms with E-state index in [4.69, 9.17) is 4.74 Å². The molecule has 1 atom stereocenters. The molecule has 0 saturated carbocycles. The first-order chi connectivity index (χ1) is 10.3. The molecule has 6 heteroatoms. The van der Waals surface area contributed by atoms with Gasteiger partial charge in [0.1, 0.15) is 5.01 Å². The summed E-state index contributed by atoms with van der Waals surface area (Å²) in [6.45, 7) is 1.37. The molecule has 0 radical (unpaired) electrons. The van der Waals surface area contributed by atoms with Crippen LogP contribution in [0, 0.1) is 5.92 Å². The highest BCUT2D eigenvalue weighted by Gasteiger charge is 2.25. The molecule has 4 nitrogen and oxygen atoms in total. The number of thiophene rings is 1. The van der Waals surface area contributed by atoms with Gasteiger partial charge in [-0.15, -0.1) is 11.3 Å². The van der Waals surface area contributed by atoms with Crippen molar-refractivity contribution in [2.45, 2.75) is 25.3 Å². The molecule has 1 aliphatic heterocycles. The first-order valence-corrected chi connectivity index (χ1v) is 8.94. The Bertz CT molecular complexity index is 548. The van der Waals surface area contributed by atoms with Crippen LogP contribution in [-0.2, 0) is 16.0 Å². The van der Waals surface area contributed by atoms with Crippen LogP contribution in [-0.4, -0.2) is 24.1 Å². The minimum Gasteiger partial charge on any atom is -0.381 e. The molecule has 1 saturated heterocycles. The maximum absolute atomic E-state index is 12.4. The van der Waals surface area contributed by atoms with Gasteiger partial charge >= 0.3 is 0 Å². The van der Waals surface area contributed by atoms with Crippen molar-refractivity contribution in [2.75, 3.05) is 13.2 Å². The lowest BCUT2D eigenvalue weighted by molar-refractivity contribution is -0.128. The van der Waals surface area contributed by atoms with E-state index in [9.17, 15) is 4.79 Å². The van der Waals surface area contributed by atoms with E-state index in [0.717, 1.165) is 24.3 Å². The third kappa shape index (κ3) is 3.90. The number of nitrogens with one attached hydrogen (secondary N) is 1. The van der Waals surface area contributed by atoms with E-state index in [1.165, 1.54) is 5.56 Å². The summed E-state index contributed by atoms with van der Waals surface area (Å²) < 4.78 is 5.32. The third-order valence-electron chi connectivity index (χ3n) is 3.68. The summed E-state index contributed by atoms with van der Waals surface area (Å²) in [6.07, 6.45) is 4.22. The van der Waals surface area contributed by atoms with Crippen molar-refractivity contribution in [3.63, 3.8) is 0 Å². The summed E-state index contributed by atoms with van der Waals surface area (Å²) in [6, 6.07) is 2.07. The lowest BCUT2D eigenvalue weighted by Gasteiger charge is -2.24. The first kappa shape index (κ1) is 14.7. The molecule has 21 heavy (non-hydrogen) atoms. The number of hydrogen-bond acceptors (Lipinski definition) is 5. The number of aromatic nitrogens is 1. The lowest BCUT2D eigenvalue weighted by Crippen LogP contribution is -2.37. The second kappa shape index (κ2) is 7.15. The van der Waals surface area contributed by atoms with Crippen molar-refractivity contribution in [1.29, 1.82) is 0 Å². The number of rotatable bonds is 5. The van der Waals surface area contributed by atoms with E-state index >= 15 is 0 Å². The average molecular weight is 322 g/mol. The van der Waals surface area contributed by atoms with Crippen molar-refractivity contribution in [1.82, 2.24) is 10.3 Å². The molecule has 112 valence electrons. The van der Waals surface area contributed by atoms with E-state index in [0.29, 0.717) is 13.2 Å². The van der Waals surface area contributed by atoms with Gasteiger partial charge in [-0.2, -0.15) is 11.3 Å². The van der Waals surface area contributed by atoms with Crippen LogP contribution in [0.15, 0.2) is 28.4 Å². The fourth-order valence-electron chi connectivity index (χ4n) is 2.50. The van der Waals surface area contributed by atoms with E-state index in [1.807, 2.05) is 5.38 Å². The molecule has 2 aromatic rings. The zero-order valence-corrected chi connectivity index (χ0v) is 13.3. The van der Waals surface area contributed by atoms with Gasteiger partial charge in [-0.05, 0) is 35.2 Å². The monoisotopic (exact) mass is 322 g/mol. The first-order valence-electron chi connectivity index (χ1n) is 7.11. The van der Waals surface area contributed by atoms with Crippen LogP contribution < -0.4 is 5.32 Å². The Balaban J connectivity index is 1.68. The van der Waals surface area contributed by atoms with Gasteiger partial charge in [0.15, 0.2) is 0 Å². The second-order valence-corrected chi connectivity index (χ2v) is 6.86. The third-order valence-corrected chi connectivity index (χ3v) is 5.30. The lowest BCUT2D eigenvalue weighted by atomic mass is 9.98. The molecule has 0 spiro atoms. The molecule has 3 heterocycles. The molecule has 3 rings (SSSR count). The topological polar surface area (TPSA) is 51.2 Å². The Morgan fingerprint density at radius 1 is 1.43 bits per heavy atom. The summed E-state index contributed by atoms with van der Waals surface area (Å²) in [5.41, 5.74) is 1.24. The SMILES string of the molecule is O=C(N[C@@H](Cc1ccsc1)c1nccs1)C1CCOCC1. The van der Waals surface area contributed by atoms with E-state index in [-0.39, 0.29) is 17.9 Å². The van der Waals surface area contributed by atoms with Crippen LogP contribution in [0.1, 0.15) is 29.5 Å². The number of carbonyl (C=O) groups excluding carboxylic acids is 1. The van der Waals surface area contributed by atoms with Crippen LogP contribution in [0.3, 0.4) is 0 Å². The Hall–Kier alpha value is -1.24. The van der Waals surface area contributed by atoms with E-state index in [1.54, 1.807) is 28.9 Å². The van der Waals surface area contributed by atoms with E-state index in [2.05, 4.69) is 27.1 Å². The molecule has 0 aliphatic carbocycles. The minimum atomic E-state index is -0.0325. The van der Waals surface area contributed by atoms with Gasteiger partial charge in [0.2, 0.25) is 5.91 Å². The summed E-state index contributed by atoms with van der Waals surface area (Å²) in [5, 5.41) is 10.3. The molecule has 1 N–H and O–H groups in total. The zero-order chi connectivity index (χ0) is 14.5. The highest BCUT2D eigenvalue weighted by atomic mass is 32.1. The second-order valence-electron chi connectivity index (χ2n) is 5.15. The van der Waals surface area contributed by atoms with Gasteiger partial charge < -0.3 is 10.1 Å². The van der Waals surface area contributed by atoms with Gasteiger partial charge in [-0.1, -0.05) is 0 Å². The maximum Gasteiger partial charge on any atom is 0.223 e. The molecule has 1 aliphatic rings. The fraction of sp³-hybridized carbons (Fsp3) is 0.467. The number of nitrogens with zero attached hydrogens (tertiary/aromatic N) is 1. The fourth-order valence-corrected chi connectivity index (χ4v) is 3.87. The van der Waals surface area contributed by atoms with Gasteiger partial charge in [0.25, 0.3) is 0 Å². The van der Waals surface area contributed by atoms with E-state index < -0.39 is 0 Å². The molecular formula is C15H18N2O2S2. The molecule has 1 fully saturated rings. The van der Waals surface area contributed by atoms with Crippen LogP contribution in [0.5, 0.6) is 0 Å². The minimum absolute atomic E-state index is 0.0325. The summed E-state index contributed by atoms with van der Waals surface area (Å²) in [4.78, 5) is 16.8. The normalized spacial score (nSPS) is 17.5. The van der Waals surface area contributed by atoms with Gasteiger partial charge in [0.05, 0.1) is 6.04 Å². The number of carbonyl (C=O) groups is 1. The average Bonchev–Trinajstić information content (AvgIpc) is 3.21. The van der Waals surface area contributed by atoms with Gasteiger partial charge in [-0.25, -0.2) is 4.98 Å². The molecule has 2 aromatic heterocycles. The highest BCUT2D eigenvalue weighted by molar-refractivity contribution is 7.09. The molecule has 0 bridgehead atoms. The van der Waals surface area contributed by atoms with Crippen LogP contribution >= 0.6 is 22.7 Å². The predicted octanol–water partition coefficient (Wildman–Crippen LogP) is 3.03. The smallest absolute Gasteiger partial charge is 0.223 e. The Morgan fingerprint density at radius 2 is 2.29 bits per heavy atom. The highest BCUT2D eigenvalue weighted by Crippen LogP contribution is 2.23. The van der Waals surface area contributed by atoms with Crippen molar-refractivity contribution in [3.05, 3.63) is 39.0 Å². The zero-order valence-electron chi connectivity index (χ0n) is 11.7. The summed E-state index contributed by atoms with van der Waals surface area (Å²) in [5.74, 6) is 0.206. The molecule has 0 aromatic carbocycles. The van der Waals surface area contributed by atoms with Crippen molar-refractivity contribution < 1.29 is 9.53 Å². The Labute approximate surface area is 132 Å². The van der Waals surface area contributed by atoms with Crippen molar-refractivity contribution in [2.24, 2.45) is 5.92 Å². The Kier molecular flexibility index (Phi) is 5.00.